The average Bonchev–Trinajstić information content (AvgIpc) is 2.30. The molecule has 1 heterocycles. The lowest BCUT2D eigenvalue weighted by Gasteiger charge is -2.08. The highest BCUT2D eigenvalue weighted by atomic mass is 16.5. The smallest absolute Gasteiger partial charge is 0.145 e. The number of aryl methyl sites for hydroxylation is 1. The Morgan fingerprint density at radius 3 is 2.94 bits per heavy atom. The van der Waals surface area contributed by atoms with Crippen LogP contribution in [0.25, 0.3) is 10.9 Å². The predicted octanol–water partition coefficient (Wildman–Crippen LogP) is 2.81. The minimum atomic E-state index is 0.428. The molecule has 0 saturated heterocycles. The number of pyridine rings is 1. The first-order valence-corrected chi connectivity index (χ1v) is 5.19. The lowest BCUT2D eigenvalue weighted by molar-refractivity contribution is 0.343. The van der Waals surface area contributed by atoms with Gasteiger partial charge in [0.05, 0.1) is 6.61 Å². The molecule has 80 valence electrons. The van der Waals surface area contributed by atoms with Crippen molar-refractivity contribution in [3.63, 3.8) is 0 Å². The number of hydrogen-bond acceptors (Lipinski definition) is 3. The van der Waals surface area contributed by atoms with Gasteiger partial charge in [-0.1, -0.05) is 12.1 Å². The molecule has 0 bridgehead atoms. The lowest BCUT2D eigenvalue weighted by Crippen LogP contribution is -1.95. The summed E-state index contributed by atoms with van der Waals surface area (Å²) in [5.74, 6) is 0.736. The zero-order chi connectivity index (χ0) is 11.5. The molecule has 0 amide bonds. The van der Waals surface area contributed by atoms with Crippen molar-refractivity contribution in [1.29, 1.82) is 5.26 Å². The van der Waals surface area contributed by atoms with Crippen LogP contribution in [0.1, 0.15) is 18.2 Å². The summed E-state index contributed by atoms with van der Waals surface area (Å²) < 4.78 is 5.50. The second-order valence-electron chi connectivity index (χ2n) is 3.52. The summed E-state index contributed by atoms with van der Waals surface area (Å²) in [7, 11) is 0. The van der Waals surface area contributed by atoms with Crippen LogP contribution >= 0.6 is 0 Å². The number of rotatable bonds is 2. The van der Waals surface area contributed by atoms with E-state index < -0.39 is 0 Å². The van der Waals surface area contributed by atoms with Gasteiger partial charge in [0.1, 0.15) is 23.0 Å². The van der Waals surface area contributed by atoms with Crippen LogP contribution < -0.4 is 4.74 Å². The van der Waals surface area contributed by atoms with E-state index in [1.165, 1.54) is 0 Å². The first-order valence-electron chi connectivity index (χ1n) is 5.19. The number of ether oxygens (including phenoxy) is 1. The highest BCUT2D eigenvalue weighted by molar-refractivity contribution is 5.87. The molecule has 1 aromatic heterocycles. The number of nitrogens with zero attached hydrogens (tertiary/aromatic N) is 2. The zero-order valence-corrected chi connectivity index (χ0v) is 9.32. The van der Waals surface area contributed by atoms with Crippen molar-refractivity contribution < 1.29 is 4.74 Å². The second-order valence-corrected chi connectivity index (χ2v) is 3.52. The van der Waals surface area contributed by atoms with Crippen molar-refractivity contribution in [3.8, 4) is 11.8 Å². The summed E-state index contributed by atoms with van der Waals surface area (Å²) in [6, 6.07) is 9.65. The van der Waals surface area contributed by atoms with E-state index in [4.69, 9.17) is 10.00 Å². The Balaban J connectivity index is 2.75. The van der Waals surface area contributed by atoms with Crippen LogP contribution in [-0.2, 0) is 0 Å². The van der Waals surface area contributed by atoms with E-state index in [0.29, 0.717) is 12.3 Å². The highest BCUT2D eigenvalue weighted by Crippen LogP contribution is 2.26. The molecule has 0 spiro atoms. The Morgan fingerprint density at radius 1 is 1.44 bits per heavy atom. The Hall–Kier alpha value is -2.08. The first-order chi connectivity index (χ1) is 7.76. The fourth-order valence-electron chi connectivity index (χ4n) is 1.72. The number of aromatic nitrogens is 1. The topological polar surface area (TPSA) is 45.9 Å². The molecule has 0 fully saturated rings. The van der Waals surface area contributed by atoms with Crippen LogP contribution in [0.15, 0.2) is 24.3 Å². The van der Waals surface area contributed by atoms with Crippen LogP contribution in [0.2, 0.25) is 0 Å². The summed E-state index contributed by atoms with van der Waals surface area (Å²) in [6.07, 6.45) is 0. The van der Waals surface area contributed by atoms with Crippen molar-refractivity contribution >= 4 is 10.9 Å². The third-order valence-corrected chi connectivity index (χ3v) is 2.42. The molecule has 3 heteroatoms. The molecule has 0 aliphatic rings. The van der Waals surface area contributed by atoms with E-state index in [0.717, 1.165) is 22.2 Å². The molecule has 3 nitrogen and oxygen atoms in total. The van der Waals surface area contributed by atoms with Crippen LogP contribution in [0.4, 0.5) is 0 Å². The molecule has 2 rings (SSSR count). The summed E-state index contributed by atoms with van der Waals surface area (Å²) in [5.41, 5.74) is 2.24. The number of hydrogen-bond donors (Lipinski definition) is 0. The quantitative estimate of drug-likeness (QED) is 0.768. The SMILES string of the molecule is CCOc1cccc2c(C)cc(C#N)nc12. The van der Waals surface area contributed by atoms with E-state index in [1.807, 2.05) is 32.0 Å². The Morgan fingerprint density at radius 2 is 2.25 bits per heavy atom. The number of fused-ring (bicyclic) bond motifs is 1. The third kappa shape index (κ3) is 1.70. The normalized spacial score (nSPS) is 10.1. The zero-order valence-electron chi connectivity index (χ0n) is 9.32. The third-order valence-electron chi connectivity index (χ3n) is 2.42. The number of para-hydroxylation sites is 1. The maximum Gasteiger partial charge on any atom is 0.145 e. The van der Waals surface area contributed by atoms with Gasteiger partial charge in [0.15, 0.2) is 0 Å². The van der Waals surface area contributed by atoms with Gasteiger partial charge in [0.2, 0.25) is 0 Å². The average molecular weight is 212 g/mol. The molecule has 0 aliphatic heterocycles. The largest absolute Gasteiger partial charge is 0.492 e. The number of nitriles is 1. The molecule has 0 atom stereocenters. The molecule has 0 N–H and O–H groups in total. The summed E-state index contributed by atoms with van der Waals surface area (Å²) in [6.45, 7) is 4.50. The van der Waals surface area contributed by atoms with Gasteiger partial charge in [-0.2, -0.15) is 5.26 Å². The Bertz CT molecular complexity index is 570. The lowest BCUT2D eigenvalue weighted by atomic mass is 10.1. The molecule has 16 heavy (non-hydrogen) atoms. The molecular formula is C13H12N2O. The van der Waals surface area contributed by atoms with Crippen molar-refractivity contribution in [3.05, 3.63) is 35.5 Å². The van der Waals surface area contributed by atoms with Gasteiger partial charge in [0, 0.05) is 5.39 Å². The monoisotopic (exact) mass is 212 g/mol. The summed E-state index contributed by atoms with van der Waals surface area (Å²) in [5, 5.41) is 9.92. The van der Waals surface area contributed by atoms with Crippen molar-refractivity contribution in [1.82, 2.24) is 4.98 Å². The van der Waals surface area contributed by atoms with Crippen LogP contribution in [0, 0.1) is 18.3 Å². The van der Waals surface area contributed by atoms with Crippen LogP contribution in [-0.4, -0.2) is 11.6 Å². The summed E-state index contributed by atoms with van der Waals surface area (Å²) in [4.78, 5) is 4.29. The highest BCUT2D eigenvalue weighted by Gasteiger charge is 2.07. The standard InChI is InChI=1S/C13H12N2O/c1-3-16-12-6-4-5-11-9(2)7-10(8-14)15-13(11)12/h4-7H,3H2,1-2H3. The molecule has 1 aromatic carbocycles. The van der Waals surface area contributed by atoms with Crippen LogP contribution in [0.5, 0.6) is 5.75 Å². The number of benzene rings is 1. The molecule has 0 radical (unpaired) electrons. The molecule has 0 saturated carbocycles. The Labute approximate surface area is 94.3 Å². The molecular weight excluding hydrogens is 200 g/mol. The fourth-order valence-corrected chi connectivity index (χ4v) is 1.72. The molecule has 0 unspecified atom stereocenters. The Kier molecular flexibility index (Phi) is 2.74. The van der Waals surface area contributed by atoms with E-state index in [9.17, 15) is 0 Å². The van der Waals surface area contributed by atoms with Gasteiger partial charge in [0.25, 0.3) is 0 Å². The van der Waals surface area contributed by atoms with Crippen LogP contribution in [0.3, 0.4) is 0 Å². The minimum absolute atomic E-state index is 0.428. The maximum atomic E-state index is 8.89. The van der Waals surface area contributed by atoms with Gasteiger partial charge < -0.3 is 4.74 Å². The van der Waals surface area contributed by atoms with Crippen molar-refractivity contribution in [2.24, 2.45) is 0 Å². The minimum Gasteiger partial charge on any atom is -0.492 e. The van der Waals surface area contributed by atoms with E-state index in [1.54, 1.807) is 6.07 Å². The van der Waals surface area contributed by atoms with Gasteiger partial charge in [-0.3, -0.25) is 0 Å². The summed E-state index contributed by atoms with van der Waals surface area (Å²) >= 11 is 0. The fraction of sp³-hybridized carbons (Fsp3) is 0.231. The molecule has 2 aromatic rings. The second kappa shape index (κ2) is 4.19. The van der Waals surface area contributed by atoms with E-state index >= 15 is 0 Å². The van der Waals surface area contributed by atoms with E-state index in [-0.39, 0.29) is 0 Å². The van der Waals surface area contributed by atoms with Crippen molar-refractivity contribution in [2.75, 3.05) is 6.61 Å². The van der Waals surface area contributed by atoms with Gasteiger partial charge in [-0.15, -0.1) is 0 Å². The van der Waals surface area contributed by atoms with Gasteiger partial charge >= 0.3 is 0 Å². The maximum absolute atomic E-state index is 8.89. The predicted molar refractivity (Wildman–Crippen MR) is 62.4 cm³/mol. The van der Waals surface area contributed by atoms with E-state index in [2.05, 4.69) is 11.1 Å². The molecule has 0 aliphatic carbocycles. The first kappa shape index (κ1) is 10.4. The van der Waals surface area contributed by atoms with Crippen molar-refractivity contribution in [2.45, 2.75) is 13.8 Å². The van der Waals surface area contributed by atoms with Gasteiger partial charge in [-0.05, 0) is 31.5 Å². The van der Waals surface area contributed by atoms with Gasteiger partial charge in [-0.25, -0.2) is 4.98 Å².